The topological polar surface area (TPSA) is 37.4 Å². The molecule has 1 aliphatic heterocycles. The molecule has 3 nitrogen and oxygen atoms in total. The molecule has 1 aromatic carbocycles. The number of benzene rings is 1. The first-order valence-corrected chi connectivity index (χ1v) is 8.13. The average molecular weight is 391 g/mol. The van der Waals surface area contributed by atoms with Crippen LogP contribution in [0.3, 0.4) is 0 Å². The number of hydrogen-bond donors (Lipinski definition) is 0. The maximum Gasteiger partial charge on any atom is 0.416 e. The first kappa shape index (κ1) is 19.4. The number of fused-ring (bicyclic) bond motifs is 1. The number of rotatable bonds is 1. The number of carbonyl (C=O) groups excluding carboxylic acids is 2. The second kappa shape index (κ2) is 6.10. The highest BCUT2D eigenvalue weighted by Gasteiger charge is 2.50. The Bertz CT molecular complexity index is 788. The molecular weight excluding hydrogens is 376 g/mol. The number of amides is 2. The van der Waals surface area contributed by atoms with Gasteiger partial charge in [-0.15, -0.1) is 0 Å². The van der Waals surface area contributed by atoms with Gasteiger partial charge in [0.1, 0.15) is 0 Å². The highest BCUT2D eigenvalue weighted by atomic mass is 19.4. The van der Waals surface area contributed by atoms with Gasteiger partial charge in [-0.05, 0) is 44.9 Å². The van der Waals surface area contributed by atoms with E-state index < -0.39 is 52.8 Å². The van der Waals surface area contributed by atoms with E-state index in [4.69, 9.17) is 0 Å². The van der Waals surface area contributed by atoms with Crippen molar-refractivity contribution < 1.29 is 35.9 Å². The second-order valence-corrected chi connectivity index (χ2v) is 6.96. The zero-order valence-corrected chi connectivity index (χ0v) is 14.3. The summed E-state index contributed by atoms with van der Waals surface area (Å²) in [5.74, 6) is -3.04. The maximum absolute atomic E-state index is 13.1. The van der Waals surface area contributed by atoms with Crippen molar-refractivity contribution in [2.75, 3.05) is 4.90 Å². The number of allylic oxidation sites excluding steroid dienone is 2. The van der Waals surface area contributed by atoms with Gasteiger partial charge in [-0.1, -0.05) is 11.1 Å². The predicted molar refractivity (Wildman–Crippen MR) is 83.5 cm³/mol. The van der Waals surface area contributed by atoms with Gasteiger partial charge < -0.3 is 0 Å². The van der Waals surface area contributed by atoms with Crippen molar-refractivity contribution in [3.63, 3.8) is 0 Å². The van der Waals surface area contributed by atoms with Crippen LogP contribution in [0.15, 0.2) is 29.3 Å². The van der Waals surface area contributed by atoms with Crippen molar-refractivity contribution in [2.45, 2.75) is 39.0 Å². The molecule has 2 unspecified atom stereocenters. The van der Waals surface area contributed by atoms with E-state index >= 15 is 0 Å². The standard InChI is InChI=1S/C18H15F6NO2/c1-8-3-13-14(4-9(8)2)16(27)25(15(13)26)12-6-10(17(19,20)21)5-11(7-12)18(22,23)24/h5-7,13-14H,3-4H2,1-2H3. The lowest BCUT2D eigenvalue weighted by Gasteiger charge is -2.23. The van der Waals surface area contributed by atoms with E-state index in [1.165, 1.54) is 0 Å². The average Bonchev–Trinajstić information content (AvgIpc) is 2.77. The third kappa shape index (κ3) is 3.35. The highest BCUT2D eigenvalue weighted by Crippen LogP contribution is 2.44. The number of alkyl halides is 6. The van der Waals surface area contributed by atoms with E-state index in [1.807, 2.05) is 0 Å². The molecule has 0 radical (unpaired) electrons. The summed E-state index contributed by atoms with van der Waals surface area (Å²) in [5.41, 5.74) is -2.02. The number of imide groups is 1. The summed E-state index contributed by atoms with van der Waals surface area (Å²) in [6.07, 6.45) is -9.57. The van der Waals surface area contributed by atoms with Crippen LogP contribution < -0.4 is 4.90 Å². The summed E-state index contributed by atoms with van der Waals surface area (Å²) in [7, 11) is 0. The van der Waals surface area contributed by atoms with Crippen LogP contribution in [0, 0.1) is 11.8 Å². The molecule has 0 aromatic heterocycles. The van der Waals surface area contributed by atoms with Gasteiger partial charge in [0, 0.05) is 0 Å². The van der Waals surface area contributed by atoms with Gasteiger partial charge in [-0.25, -0.2) is 0 Å². The number of carbonyl (C=O) groups is 2. The second-order valence-electron chi connectivity index (χ2n) is 6.96. The fraction of sp³-hybridized carbons (Fsp3) is 0.444. The smallest absolute Gasteiger partial charge is 0.274 e. The Hall–Kier alpha value is -2.32. The van der Waals surface area contributed by atoms with Crippen molar-refractivity contribution in [1.82, 2.24) is 0 Å². The van der Waals surface area contributed by atoms with Crippen LogP contribution in [0.1, 0.15) is 37.8 Å². The lowest BCUT2D eigenvalue weighted by atomic mass is 9.78. The summed E-state index contributed by atoms with van der Waals surface area (Å²) in [6, 6.07) is 0.794. The molecule has 1 aromatic rings. The van der Waals surface area contributed by atoms with Crippen LogP contribution >= 0.6 is 0 Å². The minimum atomic E-state index is -5.05. The van der Waals surface area contributed by atoms with Crippen molar-refractivity contribution in [1.29, 1.82) is 0 Å². The van der Waals surface area contributed by atoms with E-state index in [0.29, 0.717) is 17.0 Å². The molecule has 0 bridgehead atoms. The van der Waals surface area contributed by atoms with Crippen LogP contribution in [0.2, 0.25) is 0 Å². The Balaban J connectivity index is 2.09. The van der Waals surface area contributed by atoms with Crippen molar-refractivity contribution in [2.24, 2.45) is 11.8 Å². The van der Waals surface area contributed by atoms with Crippen LogP contribution in [-0.4, -0.2) is 11.8 Å². The zero-order chi connectivity index (χ0) is 20.3. The zero-order valence-electron chi connectivity index (χ0n) is 14.3. The van der Waals surface area contributed by atoms with Gasteiger partial charge in [0.05, 0.1) is 28.7 Å². The quantitative estimate of drug-likeness (QED) is 0.386. The molecule has 3 rings (SSSR count). The largest absolute Gasteiger partial charge is 0.416 e. The van der Waals surface area contributed by atoms with Crippen molar-refractivity contribution >= 4 is 17.5 Å². The van der Waals surface area contributed by atoms with Crippen LogP contribution in [0.4, 0.5) is 32.0 Å². The van der Waals surface area contributed by atoms with Gasteiger partial charge >= 0.3 is 12.4 Å². The van der Waals surface area contributed by atoms with Crippen LogP contribution in [0.5, 0.6) is 0 Å². The molecule has 9 heteroatoms. The molecule has 2 atom stereocenters. The molecule has 2 amide bonds. The summed E-state index contributed by atoms with van der Waals surface area (Å²) in [4.78, 5) is 25.8. The molecule has 146 valence electrons. The molecule has 1 heterocycles. The summed E-state index contributed by atoms with van der Waals surface area (Å²) < 4.78 is 78.3. The molecule has 0 N–H and O–H groups in total. The number of hydrogen-bond acceptors (Lipinski definition) is 2. The minimum Gasteiger partial charge on any atom is -0.274 e. The van der Waals surface area contributed by atoms with Crippen LogP contribution in [0.25, 0.3) is 0 Å². The van der Waals surface area contributed by atoms with E-state index in [2.05, 4.69) is 0 Å². The van der Waals surface area contributed by atoms with E-state index in [0.717, 1.165) is 11.1 Å². The molecule has 0 spiro atoms. The first-order chi connectivity index (χ1) is 12.3. The normalized spacial score (nSPS) is 23.9. The van der Waals surface area contributed by atoms with E-state index in [-0.39, 0.29) is 18.9 Å². The molecule has 2 aliphatic rings. The minimum absolute atomic E-state index is 0.0303. The van der Waals surface area contributed by atoms with E-state index in [9.17, 15) is 35.9 Å². The Kier molecular flexibility index (Phi) is 4.39. The molecule has 0 saturated carbocycles. The van der Waals surface area contributed by atoms with Gasteiger partial charge in [0.25, 0.3) is 0 Å². The highest BCUT2D eigenvalue weighted by molar-refractivity contribution is 6.22. The van der Waals surface area contributed by atoms with Crippen molar-refractivity contribution in [3.8, 4) is 0 Å². The number of halogens is 6. The van der Waals surface area contributed by atoms with Gasteiger partial charge in [-0.2, -0.15) is 26.3 Å². The monoisotopic (exact) mass is 391 g/mol. The van der Waals surface area contributed by atoms with Crippen LogP contribution in [-0.2, 0) is 21.9 Å². The lowest BCUT2D eigenvalue weighted by molar-refractivity contribution is -0.143. The Morgan fingerprint density at radius 2 is 1.15 bits per heavy atom. The van der Waals surface area contributed by atoms with Crippen molar-refractivity contribution in [3.05, 3.63) is 40.5 Å². The van der Waals surface area contributed by atoms with Gasteiger partial charge in [0.2, 0.25) is 11.8 Å². The Morgan fingerprint density at radius 1 is 0.778 bits per heavy atom. The Morgan fingerprint density at radius 3 is 1.48 bits per heavy atom. The third-order valence-electron chi connectivity index (χ3n) is 5.17. The summed E-state index contributed by atoms with van der Waals surface area (Å²) in [6.45, 7) is 3.58. The van der Waals surface area contributed by atoms with Gasteiger partial charge in [-0.3, -0.25) is 14.5 Å². The third-order valence-corrected chi connectivity index (χ3v) is 5.17. The van der Waals surface area contributed by atoms with E-state index in [1.54, 1.807) is 13.8 Å². The van der Waals surface area contributed by atoms with Gasteiger partial charge in [0.15, 0.2) is 0 Å². The number of anilines is 1. The molecule has 1 aliphatic carbocycles. The first-order valence-electron chi connectivity index (χ1n) is 8.13. The molecule has 1 fully saturated rings. The SMILES string of the molecule is CC1=C(C)CC2C(=O)N(c3cc(C(F)(F)F)cc(C(F)(F)F)c3)C(=O)C2C1. The molecule has 27 heavy (non-hydrogen) atoms. The predicted octanol–water partition coefficient (Wildman–Crippen LogP) is 4.96. The fourth-order valence-electron chi connectivity index (χ4n) is 3.57. The Labute approximate surface area is 150 Å². The molecule has 1 saturated heterocycles. The summed E-state index contributed by atoms with van der Waals surface area (Å²) >= 11 is 0. The molecular formula is C18H15F6NO2. The summed E-state index contributed by atoms with van der Waals surface area (Å²) in [5, 5.41) is 0. The maximum atomic E-state index is 13.1. The lowest BCUT2D eigenvalue weighted by Crippen LogP contribution is -2.31. The number of nitrogens with zero attached hydrogens (tertiary/aromatic N) is 1. The fourth-order valence-corrected chi connectivity index (χ4v) is 3.57.